The van der Waals surface area contributed by atoms with Gasteiger partial charge >= 0.3 is 6.18 Å². The van der Waals surface area contributed by atoms with Gasteiger partial charge in [0.1, 0.15) is 12.1 Å². The van der Waals surface area contributed by atoms with Gasteiger partial charge in [0.15, 0.2) is 17.2 Å². The van der Waals surface area contributed by atoms with Crippen molar-refractivity contribution in [1.29, 1.82) is 10.5 Å². The van der Waals surface area contributed by atoms with Crippen LogP contribution in [0.15, 0.2) is 30.5 Å². The Bertz CT molecular complexity index is 771. The third kappa shape index (κ3) is 3.49. The minimum absolute atomic E-state index is 0.00513. The van der Waals surface area contributed by atoms with E-state index in [9.17, 15) is 13.2 Å². The highest BCUT2D eigenvalue weighted by molar-refractivity contribution is 5.49. The fraction of sp³-hybridized carbons (Fsp3) is 0.143. The number of halogens is 3. The SMILES string of the molecule is N#Cc1cnc(C#N)c(NCc2cccc(C(F)(F)F)c2)n1. The Morgan fingerprint density at radius 3 is 2.59 bits per heavy atom. The number of nitrogens with zero attached hydrogens (tertiary/aromatic N) is 4. The molecule has 0 aliphatic carbocycles. The quantitative estimate of drug-likeness (QED) is 0.942. The zero-order valence-corrected chi connectivity index (χ0v) is 11.0. The van der Waals surface area contributed by atoms with E-state index in [1.54, 1.807) is 12.1 Å². The monoisotopic (exact) mass is 303 g/mol. The number of rotatable bonds is 3. The Labute approximate surface area is 123 Å². The van der Waals surface area contributed by atoms with Gasteiger partial charge in [0.2, 0.25) is 0 Å². The second-order valence-corrected chi connectivity index (χ2v) is 4.23. The molecule has 0 amide bonds. The Balaban J connectivity index is 2.21. The lowest BCUT2D eigenvalue weighted by Crippen LogP contribution is -2.08. The van der Waals surface area contributed by atoms with E-state index in [1.807, 2.05) is 0 Å². The molecule has 2 aromatic rings. The van der Waals surface area contributed by atoms with Crippen LogP contribution in [0.2, 0.25) is 0 Å². The van der Waals surface area contributed by atoms with Gasteiger partial charge in [-0.15, -0.1) is 0 Å². The molecule has 0 bridgehead atoms. The average Bonchev–Trinajstić information content (AvgIpc) is 2.52. The Morgan fingerprint density at radius 1 is 1.18 bits per heavy atom. The zero-order valence-electron chi connectivity index (χ0n) is 11.0. The summed E-state index contributed by atoms with van der Waals surface area (Å²) in [7, 11) is 0. The summed E-state index contributed by atoms with van der Waals surface area (Å²) in [6.45, 7) is 0.0160. The van der Waals surface area contributed by atoms with Crippen molar-refractivity contribution in [3.05, 3.63) is 53.0 Å². The van der Waals surface area contributed by atoms with Crippen molar-refractivity contribution in [3.63, 3.8) is 0 Å². The molecule has 1 heterocycles. The predicted molar refractivity (Wildman–Crippen MR) is 70.2 cm³/mol. The van der Waals surface area contributed by atoms with Crippen molar-refractivity contribution in [1.82, 2.24) is 9.97 Å². The molecular weight excluding hydrogens is 295 g/mol. The second-order valence-electron chi connectivity index (χ2n) is 4.23. The van der Waals surface area contributed by atoms with Gasteiger partial charge in [0.05, 0.1) is 11.8 Å². The van der Waals surface area contributed by atoms with E-state index in [-0.39, 0.29) is 23.8 Å². The van der Waals surface area contributed by atoms with Gasteiger partial charge in [0.25, 0.3) is 0 Å². The van der Waals surface area contributed by atoms with Crippen LogP contribution in [0.4, 0.5) is 19.0 Å². The third-order valence-corrected chi connectivity index (χ3v) is 2.71. The van der Waals surface area contributed by atoms with E-state index in [0.29, 0.717) is 5.56 Å². The summed E-state index contributed by atoms with van der Waals surface area (Å²) in [6.07, 6.45) is -3.28. The lowest BCUT2D eigenvalue weighted by molar-refractivity contribution is -0.137. The normalized spacial score (nSPS) is 10.6. The molecule has 0 saturated heterocycles. The highest BCUT2D eigenvalue weighted by atomic mass is 19.4. The summed E-state index contributed by atoms with van der Waals surface area (Å²) in [5.74, 6) is 0.0546. The van der Waals surface area contributed by atoms with Crippen molar-refractivity contribution < 1.29 is 13.2 Å². The average molecular weight is 303 g/mol. The van der Waals surface area contributed by atoms with Crippen LogP contribution in [0, 0.1) is 22.7 Å². The van der Waals surface area contributed by atoms with E-state index < -0.39 is 11.7 Å². The number of hydrogen-bond acceptors (Lipinski definition) is 5. The molecule has 0 spiro atoms. The maximum absolute atomic E-state index is 12.6. The molecular formula is C14H8F3N5. The highest BCUT2D eigenvalue weighted by Crippen LogP contribution is 2.29. The minimum atomic E-state index is -4.42. The van der Waals surface area contributed by atoms with Gasteiger partial charge in [-0.25, -0.2) is 9.97 Å². The van der Waals surface area contributed by atoms with Gasteiger partial charge in [-0.3, -0.25) is 0 Å². The number of benzene rings is 1. The number of anilines is 1. The number of alkyl halides is 3. The number of nitrogens with one attached hydrogen (secondary N) is 1. The molecule has 1 N–H and O–H groups in total. The maximum atomic E-state index is 12.6. The molecule has 22 heavy (non-hydrogen) atoms. The fourth-order valence-electron chi connectivity index (χ4n) is 1.69. The van der Waals surface area contributed by atoms with Crippen LogP contribution < -0.4 is 5.32 Å². The Hall–Kier alpha value is -3.13. The molecule has 0 atom stereocenters. The lowest BCUT2D eigenvalue weighted by Gasteiger charge is -2.10. The van der Waals surface area contributed by atoms with Crippen molar-refractivity contribution in [3.8, 4) is 12.1 Å². The fourth-order valence-corrected chi connectivity index (χ4v) is 1.69. The number of nitriles is 2. The summed E-state index contributed by atoms with van der Waals surface area (Å²) < 4.78 is 37.9. The summed E-state index contributed by atoms with van der Waals surface area (Å²) in [4.78, 5) is 7.62. The van der Waals surface area contributed by atoms with Gasteiger partial charge < -0.3 is 5.32 Å². The molecule has 110 valence electrons. The van der Waals surface area contributed by atoms with Gasteiger partial charge in [-0.1, -0.05) is 12.1 Å². The molecule has 2 rings (SSSR count). The van der Waals surface area contributed by atoms with Gasteiger partial charge in [-0.2, -0.15) is 23.7 Å². The summed E-state index contributed by atoms with van der Waals surface area (Å²) in [5, 5.41) is 20.4. The lowest BCUT2D eigenvalue weighted by atomic mass is 10.1. The Morgan fingerprint density at radius 2 is 1.95 bits per heavy atom. The molecule has 8 heteroatoms. The summed E-state index contributed by atoms with van der Waals surface area (Å²) in [6, 6.07) is 8.34. The minimum Gasteiger partial charge on any atom is -0.364 e. The summed E-state index contributed by atoms with van der Waals surface area (Å²) in [5.41, 5.74) is -0.427. The molecule has 0 saturated carbocycles. The molecule has 0 aliphatic heterocycles. The van der Waals surface area contributed by atoms with Crippen LogP contribution in [0.5, 0.6) is 0 Å². The van der Waals surface area contributed by atoms with E-state index in [0.717, 1.165) is 18.3 Å². The molecule has 1 aromatic heterocycles. The topological polar surface area (TPSA) is 85.4 Å². The van der Waals surface area contributed by atoms with Gasteiger partial charge in [0, 0.05) is 6.54 Å². The van der Waals surface area contributed by atoms with Crippen molar-refractivity contribution in [2.24, 2.45) is 0 Å². The van der Waals surface area contributed by atoms with Crippen molar-refractivity contribution in [2.75, 3.05) is 5.32 Å². The molecule has 1 aromatic carbocycles. The zero-order chi connectivity index (χ0) is 16.2. The van der Waals surface area contributed by atoms with Crippen LogP contribution in [0.3, 0.4) is 0 Å². The first kappa shape index (κ1) is 15.3. The Kier molecular flexibility index (Phi) is 4.23. The first-order chi connectivity index (χ1) is 10.4. The largest absolute Gasteiger partial charge is 0.416 e. The third-order valence-electron chi connectivity index (χ3n) is 2.71. The van der Waals surface area contributed by atoms with E-state index in [2.05, 4.69) is 15.3 Å². The highest BCUT2D eigenvalue weighted by Gasteiger charge is 2.30. The second kappa shape index (κ2) is 6.10. The molecule has 0 unspecified atom stereocenters. The first-order valence-corrected chi connectivity index (χ1v) is 6.01. The van der Waals surface area contributed by atoms with Gasteiger partial charge in [-0.05, 0) is 17.7 Å². The van der Waals surface area contributed by atoms with E-state index in [4.69, 9.17) is 10.5 Å². The van der Waals surface area contributed by atoms with Crippen LogP contribution in [0.25, 0.3) is 0 Å². The van der Waals surface area contributed by atoms with Crippen molar-refractivity contribution in [2.45, 2.75) is 12.7 Å². The molecule has 5 nitrogen and oxygen atoms in total. The standard InChI is InChI=1S/C14H8F3N5/c15-14(16,17)10-3-1-2-9(4-10)7-21-13-12(6-19)20-8-11(5-18)22-13/h1-4,8H,7H2,(H,21,22). The number of hydrogen-bond donors (Lipinski definition) is 1. The molecule has 0 aliphatic rings. The first-order valence-electron chi connectivity index (χ1n) is 6.01. The van der Waals surface area contributed by atoms with Crippen LogP contribution >= 0.6 is 0 Å². The number of aromatic nitrogens is 2. The smallest absolute Gasteiger partial charge is 0.364 e. The van der Waals surface area contributed by atoms with Crippen LogP contribution in [-0.4, -0.2) is 9.97 Å². The molecule has 0 radical (unpaired) electrons. The molecule has 0 fully saturated rings. The predicted octanol–water partition coefficient (Wildman–Crippen LogP) is 2.85. The van der Waals surface area contributed by atoms with Crippen LogP contribution in [-0.2, 0) is 12.7 Å². The van der Waals surface area contributed by atoms with Crippen LogP contribution in [0.1, 0.15) is 22.5 Å². The van der Waals surface area contributed by atoms with Crippen molar-refractivity contribution >= 4 is 5.82 Å². The summed E-state index contributed by atoms with van der Waals surface area (Å²) >= 11 is 0. The maximum Gasteiger partial charge on any atom is 0.416 e. The van der Waals surface area contributed by atoms with E-state index in [1.165, 1.54) is 12.1 Å². The van der Waals surface area contributed by atoms with E-state index >= 15 is 0 Å².